The molecule has 4 aromatic rings. The molecule has 0 saturated heterocycles. The maximum Gasteiger partial charge on any atom is 0.263 e. The van der Waals surface area contributed by atoms with Crippen LogP contribution in [0.5, 0.6) is 0 Å². The van der Waals surface area contributed by atoms with E-state index in [1.54, 1.807) is 0 Å². The second-order valence-corrected chi connectivity index (χ2v) is 9.10. The zero-order valence-corrected chi connectivity index (χ0v) is 18.6. The number of fused-ring (bicyclic) bond motifs is 5. The Morgan fingerprint density at radius 1 is 1.25 bits per heavy atom. The predicted octanol–water partition coefficient (Wildman–Crippen LogP) is 5.09. The van der Waals surface area contributed by atoms with Crippen molar-refractivity contribution in [2.45, 2.75) is 19.9 Å². The molecule has 2 amide bonds. The molecule has 0 fully saturated rings. The summed E-state index contributed by atoms with van der Waals surface area (Å²) in [5, 5.41) is 11.3. The van der Waals surface area contributed by atoms with E-state index in [0.717, 1.165) is 43.5 Å². The molecule has 1 unspecified atom stereocenters. The van der Waals surface area contributed by atoms with Gasteiger partial charge in [-0.2, -0.15) is 0 Å². The van der Waals surface area contributed by atoms with Crippen LogP contribution < -0.4 is 16.0 Å². The second kappa shape index (κ2) is 7.76. The second-order valence-electron chi connectivity index (χ2n) is 8.04. The minimum Gasteiger partial charge on any atom is -0.381 e. The molecule has 0 radical (unpaired) electrons. The number of aromatic nitrogens is 1. The molecule has 160 valence electrons. The third-order valence-corrected chi connectivity index (χ3v) is 6.67. The fourth-order valence-electron chi connectivity index (χ4n) is 4.08. The molecule has 32 heavy (non-hydrogen) atoms. The lowest BCUT2D eigenvalue weighted by molar-refractivity contribution is -0.111. The minimum absolute atomic E-state index is 0.0368. The Balaban J connectivity index is 1.63. The summed E-state index contributed by atoms with van der Waals surface area (Å²) in [5.74, 6) is -0.287. The molecule has 3 N–H and O–H groups in total. The minimum atomic E-state index is -0.251. The number of carbonyl (C=O) groups excluding carboxylic acids is 2. The normalized spacial score (nSPS) is 15.6. The fourth-order valence-corrected chi connectivity index (χ4v) is 5.18. The number of anilines is 2. The first-order chi connectivity index (χ1) is 15.4. The van der Waals surface area contributed by atoms with Crippen LogP contribution in [-0.4, -0.2) is 29.4 Å². The number of rotatable bonds is 3. The van der Waals surface area contributed by atoms with Gasteiger partial charge in [0.1, 0.15) is 4.88 Å². The van der Waals surface area contributed by atoms with Gasteiger partial charge in [0.15, 0.2) is 0 Å². The molecule has 2 aromatic carbocycles. The fraction of sp³-hybridized carbons (Fsp3) is 0.160. The van der Waals surface area contributed by atoms with E-state index >= 15 is 0 Å². The molecule has 0 spiro atoms. The first kappa shape index (κ1) is 20.2. The summed E-state index contributed by atoms with van der Waals surface area (Å²) in [4.78, 5) is 30.0. The van der Waals surface area contributed by atoms with Crippen LogP contribution in [0.3, 0.4) is 0 Å². The van der Waals surface area contributed by atoms with Crippen molar-refractivity contribution in [3.8, 4) is 11.3 Å². The van der Waals surface area contributed by atoms with Gasteiger partial charge in [-0.3, -0.25) is 9.59 Å². The molecule has 0 aliphatic carbocycles. The third-order valence-electron chi connectivity index (χ3n) is 5.52. The molecule has 6 nitrogen and oxygen atoms in total. The van der Waals surface area contributed by atoms with Crippen molar-refractivity contribution in [2.24, 2.45) is 0 Å². The molecular weight excluding hydrogens is 420 g/mol. The molecule has 0 bridgehead atoms. The monoisotopic (exact) mass is 442 g/mol. The summed E-state index contributed by atoms with van der Waals surface area (Å²) in [5.41, 5.74) is 5.20. The Kier molecular flexibility index (Phi) is 4.90. The van der Waals surface area contributed by atoms with Crippen LogP contribution in [0.2, 0.25) is 0 Å². The zero-order chi connectivity index (χ0) is 22.4. The van der Waals surface area contributed by atoms with Crippen molar-refractivity contribution < 1.29 is 9.59 Å². The number of carbonyl (C=O) groups is 2. The highest BCUT2D eigenvalue weighted by molar-refractivity contribution is 7.21. The standard InChI is InChI=1S/C25H22N4O2S/c1-4-21(30)28-16-10-13(2)9-15(11-16)18-6-5-17-19(29-18)7-8-20-22(17)23-24(32-20)25(31)27-14(3)12-26-23/h4-11,14,26H,1,12H2,2-3H3,(H,27,31)(H,28,30). The molecule has 5 rings (SSSR count). The molecule has 0 saturated carbocycles. The quantitative estimate of drug-likeness (QED) is 0.386. The molecule has 1 aliphatic rings. The lowest BCUT2D eigenvalue weighted by atomic mass is 10.0. The van der Waals surface area contributed by atoms with Crippen LogP contribution in [0, 0.1) is 6.92 Å². The Morgan fingerprint density at radius 3 is 2.91 bits per heavy atom. The smallest absolute Gasteiger partial charge is 0.263 e. The number of nitrogens with one attached hydrogen (secondary N) is 3. The van der Waals surface area contributed by atoms with Gasteiger partial charge in [0.05, 0.1) is 16.9 Å². The number of hydrogen-bond donors (Lipinski definition) is 3. The number of amides is 2. The Morgan fingerprint density at radius 2 is 2.09 bits per heavy atom. The summed E-state index contributed by atoms with van der Waals surface area (Å²) in [6.45, 7) is 8.15. The highest BCUT2D eigenvalue weighted by Crippen LogP contribution is 2.41. The van der Waals surface area contributed by atoms with E-state index in [4.69, 9.17) is 4.98 Å². The average molecular weight is 443 g/mol. The van der Waals surface area contributed by atoms with Crippen molar-refractivity contribution >= 4 is 55.5 Å². The van der Waals surface area contributed by atoms with Crippen molar-refractivity contribution in [3.63, 3.8) is 0 Å². The van der Waals surface area contributed by atoms with Gasteiger partial charge >= 0.3 is 0 Å². The molecule has 3 heterocycles. The summed E-state index contributed by atoms with van der Waals surface area (Å²) >= 11 is 1.50. The third kappa shape index (κ3) is 3.50. The van der Waals surface area contributed by atoms with E-state index in [1.807, 2.05) is 50.2 Å². The lowest BCUT2D eigenvalue weighted by Gasteiger charge is -2.11. The maximum absolute atomic E-state index is 12.6. The van der Waals surface area contributed by atoms with Gasteiger partial charge in [-0.25, -0.2) is 4.98 Å². The highest BCUT2D eigenvalue weighted by atomic mass is 32.1. The van der Waals surface area contributed by atoms with Gasteiger partial charge in [-0.1, -0.05) is 6.58 Å². The average Bonchev–Trinajstić information content (AvgIpc) is 3.09. The number of pyridine rings is 1. The molecule has 1 aliphatic heterocycles. The summed E-state index contributed by atoms with van der Waals surface area (Å²) in [7, 11) is 0. The Labute approximate surface area is 189 Å². The van der Waals surface area contributed by atoms with Crippen molar-refractivity contribution in [1.29, 1.82) is 0 Å². The summed E-state index contributed by atoms with van der Waals surface area (Å²) in [6, 6.07) is 14.0. The lowest BCUT2D eigenvalue weighted by Crippen LogP contribution is -2.34. The topological polar surface area (TPSA) is 83.1 Å². The zero-order valence-electron chi connectivity index (χ0n) is 17.8. The van der Waals surface area contributed by atoms with Gasteiger partial charge in [-0.05, 0) is 68.0 Å². The van der Waals surface area contributed by atoms with Crippen LogP contribution in [0.25, 0.3) is 32.2 Å². The maximum atomic E-state index is 12.6. The van der Waals surface area contributed by atoms with E-state index in [0.29, 0.717) is 17.1 Å². The van der Waals surface area contributed by atoms with E-state index in [9.17, 15) is 9.59 Å². The van der Waals surface area contributed by atoms with Crippen LogP contribution in [0.4, 0.5) is 11.4 Å². The Bertz CT molecular complexity index is 1420. The van der Waals surface area contributed by atoms with E-state index in [-0.39, 0.29) is 17.9 Å². The van der Waals surface area contributed by atoms with Crippen molar-refractivity contribution in [1.82, 2.24) is 10.3 Å². The Hall–Kier alpha value is -3.71. The first-order valence-electron chi connectivity index (χ1n) is 10.4. The van der Waals surface area contributed by atoms with E-state index in [1.165, 1.54) is 17.4 Å². The number of hydrogen-bond acceptors (Lipinski definition) is 5. The summed E-state index contributed by atoms with van der Waals surface area (Å²) in [6.07, 6.45) is 1.25. The van der Waals surface area contributed by atoms with Crippen molar-refractivity contribution in [3.05, 3.63) is 65.6 Å². The number of benzene rings is 2. The van der Waals surface area contributed by atoms with Crippen LogP contribution in [0.1, 0.15) is 22.2 Å². The number of nitrogens with zero attached hydrogens (tertiary/aromatic N) is 1. The highest BCUT2D eigenvalue weighted by Gasteiger charge is 2.24. The SMILES string of the molecule is C=CC(=O)Nc1cc(C)cc(-c2ccc3c(ccc4sc5c(c43)NCC(C)NC5=O)n2)c1. The molecule has 2 aromatic heterocycles. The van der Waals surface area contributed by atoms with Gasteiger partial charge in [0.2, 0.25) is 5.91 Å². The molecule has 7 heteroatoms. The van der Waals surface area contributed by atoms with Crippen LogP contribution >= 0.6 is 11.3 Å². The van der Waals surface area contributed by atoms with Gasteiger partial charge in [0.25, 0.3) is 5.91 Å². The van der Waals surface area contributed by atoms with E-state index in [2.05, 4.69) is 28.6 Å². The van der Waals surface area contributed by atoms with E-state index < -0.39 is 0 Å². The number of aryl methyl sites for hydroxylation is 1. The van der Waals surface area contributed by atoms with Crippen molar-refractivity contribution in [2.75, 3.05) is 17.2 Å². The largest absolute Gasteiger partial charge is 0.381 e. The van der Waals surface area contributed by atoms with Gasteiger partial charge < -0.3 is 16.0 Å². The first-order valence-corrected chi connectivity index (χ1v) is 11.2. The van der Waals surface area contributed by atoms with Crippen LogP contribution in [-0.2, 0) is 4.79 Å². The number of thiophene rings is 1. The molecular formula is C25H22N4O2S. The summed E-state index contributed by atoms with van der Waals surface area (Å²) < 4.78 is 1.05. The van der Waals surface area contributed by atoms with Gasteiger partial charge in [0, 0.05) is 39.3 Å². The molecule has 1 atom stereocenters. The van der Waals surface area contributed by atoms with Crippen LogP contribution in [0.15, 0.2) is 55.1 Å². The predicted molar refractivity (Wildman–Crippen MR) is 132 cm³/mol. The van der Waals surface area contributed by atoms with Gasteiger partial charge in [-0.15, -0.1) is 11.3 Å².